The van der Waals surface area contributed by atoms with Gasteiger partial charge in [-0.25, -0.2) is 9.97 Å². The molecule has 1 aliphatic heterocycles. The number of rotatable bonds is 7. The van der Waals surface area contributed by atoms with Crippen molar-refractivity contribution < 1.29 is 4.79 Å². The molecule has 0 atom stereocenters. The molecule has 13 heteroatoms. The summed E-state index contributed by atoms with van der Waals surface area (Å²) in [5.74, 6) is 0.0985. The Bertz CT molecular complexity index is 1370. The van der Waals surface area contributed by atoms with Gasteiger partial charge in [-0.3, -0.25) is 28.2 Å². The van der Waals surface area contributed by atoms with Gasteiger partial charge in [0.2, 0.25) is 5.91 Å². The van der Waals surface area contributed by atoms with Crippen molar-refractivity contribution in [1.82, 2.24) is 43.9 Å². The molecule has 1 aliphatic carbocycles. The van der Waals surface area contributed by atoms with Crippen LogP contribution in [0.4, 0.5) is 0 Å². The van der Waals surface area contributed by atoms with Crippen LogP contribution < -0.4 is 11.1 Å². The maximum atomic E-state index is 13.1. The van der Waals surface area contributed by atoms with E-state index in [1.54, 1.807) is 10.9 Å². The average molecular weight is 560 g/mol. The van der Waals surface area contributed by atoms with Crippen molar-refractivity contribution >= 4 is 33.1 Å². The van der Waals surface area contributed by atoms with E-state index in [0.29, 0.717) is 34.6 Å². The molecule has 4 heterocycles. The van der Waals surface area contributed by atoms with Gasteiger partial charge >= 0.3 is 11.1 Å². The second-order valence-electron chi connectivity index (χ2n) is 9.38. The van der Waals surface area contributed by atoms with E-state index in [9.17, 15) is 14.4 Å². The first-order valence-electron chi connectivity index (χ1n) is 12.5. The van der Waals surface area contributed by atoms with Gasteiger partial charge in [-0.1, -0.05) is 25.0 Å². The third kappa shape index (κ3) is 4.99. The summed E-state index contributed by atoms with van der Waals surface area (Å²) in [5, 5.41) is 8.30. The third-order valence-electron chi connectivity index (χ3n) is 7.16. The smallest absolute Gasteiger partial charge is 0.318 e. The van der Waals surface area contributed by atoms with Gasteiger partial charge in [0.1, 0.15) is 10.3 Å². The summed E-state index contributed by atoms with van der Waals surface area (Å²) in [5.41, 5.74) is -0.0113. The lowest BCUT2D eigenvalue weighted by molar-refractivity contribution is -0.133. The number of hydrogen-bond acceptors (Lipinski definition) is 8. The highest BCUT2D eigenvalue weighted by Gasteiger charge is 2.25. The van der Waals surface area contributed by atoms with E-state index in [0.717, 1.165) is 58.4 Å². The fraction of sp³-hybridized carbons (Fsp3) is 0.609. The Morgan fingerprint density at radius 2 is 1.83 bits per heavy atom. The number of nitrogens with zero attached hydrogens (tertiary/aromatic N) is 9. The Balaban J connectivity index is 1.33. The van der Waals surface area contributed by atoms with E-state index < -0.39 is 11.1 Å². The third-order valence-corrected chi connectivity index (χ3v) is 7.54. The highest BCUT2D eigenvalue weighted by Crippen LogP contribution is 2.30. The molecule has 12 nitrogen and oxygen atoms in total. The van der Waals surface area contributed by atoms with Gasteiger partial charge < -0.3 is 9.80 Å². The summed E-state index contributed by atoms with van der Waals surface area (Å²) in [6.07, 6.45) is 7.27. The molecule has 3 aromatic heterocycles. The van der Waals surface area contributed by atoms with Crippen LogP contribution in [0.25, 0.3) is 11.3 Å². The van der Waals surface area contributed by atoms with Crippen LogP contribution in [0.1, 0.15) is 50.8 Å². The van der Waals surface area contributed by atoms with Gasteiger partial charge in [-0.05, 0) is 35.3 Å². The van der Waals surface area contributed by atoms with Crippen LogP contribution in [-0.2, 0) is 17.9 Å². The second kappa shape index (κ2) is 10.6. The predicted molar refractivity (Wildman–Crippen MR) is 136 cm³/mol. The van der Waals surface area contributed by atoms with Crippen molar-refractivity contribution in [3.63, 3.8) is 0 Å². The predicted octanol–water partition coefficient (Wildman–Crippen LogP) is 1.02. The van der Waals surface area contributed by atoms with Gasteiger partial charge in [-0.15, -0.1) is 5.10 Å². The summed E-state index contributed by atoms with van der Waals surface area (Å²) in [4.78, 5) is 52.0. The number of aryl methyl sites for hydroxylation is 1. The molecule has 0 aromatic carbocycles. The summed E-state index contributed by atoms with van der Waals surface area (Å²) in [6, 6.07) is -0.0469. The summed E-state index contributed by atoms with van der Waals surface area (Å²) >= 11 is 3.34. The van der Waals surface area contributed by atoms with Crippen LogP contribution in [0.15, 0.2) is 26.6 Å². The lowest BCUT2D eigenvalue weighted by Gasteiger charge is -2.34. The van der Waals surface area contributed by atoms with E-state index in [-0.39, 0.29) is 18.5 Å². The molecule has 0 unspecified atom stereocenters. The molecule has 5 rings (SSSR count). The molecule has 1 amide bonds. The number of likely N-dealkylation sites (N-methyl/N-ethyl adjacent to an activating group) is 1. The molecule has 192 valence electrons. The summed E-state index contributed by atoms with van der Waals surface area (Å²) in [7, 11) is 0. The first-order chi connectivity index (χ1) is 17.4. The zero-order valence-corrected chi connectivity index (χ0v) is 21.9. The lowest BCUT2D eigenvalue weighted by Crippen LogP contribution is -2.48. The lowest BCUT2D eigenvalue weighted by atomic mass is 10.2. The standard InChI is InChI=1S/C23H30BrN9O3/c1-2-29-9-11-30(12-10-29)19(34)7-8-31-14-16(27-28-31)15-32-20-21(26-18(24)13-25-20)33(23(36)22(32)35)17-5-3-4-6-17/h13-14,17H,2-12,15H2,1H3. The van der Waals surface area contributed by atoms with Crippen LogP contribution in [-0.4, -0.2) is 82.5 Å². The normalized spacial score (nSPS) is 17.3. The highest BCUT2D eigenvalue weighted by atomic mass is 79.9. The van der Waals surface area contributed by atoms with E-state index in [1.807, 2.05) is 4.90 Å². The number of halogens is 1. The fourth-order valence-electron chi connectivity index (χ4n) is 5.13. The Labute approximate surface area is 216 Å². The van der Waals surface area contributed by atoms with E-state index in [1.165, 1.54) is 15.3 Å². The molecular formula is C23H30BrN9O3. The maximum Gasteiger partial charge on any atom is 0.318 e. The van der Waals surface area contributed by atoms with E-state index >= 15 is 0 Å². The van der Waals surface area contributed by atoms with Crippen molar-refractivity contribution in [2.75, 3.05) is 32.7 Å². The molecule has 0 N–H and O–H groups in total. The molecule has 3 aromatic rings. The molecular weight excluding hydrogens is 530 g/mol. The summed E-state index contributed by atoms with van der Waals surface area (Å²) in [6.45, 7) is 6.85. The molecule has 0 radical (unpaired) electrons. The quantitative estimate of drug-likeness (QED) is 0.393. The summed E-state index contributed by atoms with van der Waals surface area (Å²) < 4.78 is 4.93. The van der Waals surface area contributed by atoms with Gasteiger partial charge in [-0.2, -0.15) is 0 Å². The van der Waals surface area contributed by atoms with Crippen molar-refractivity contribution in [3.8, 4) is 0 Å². The Kier molecular flexibility index (Phi) is 7.28. The van der Waals surface area contributed by atoms with Gasteiger partial charge in [0.15, 0.2) is 11.3 Å². The van der Waals surface area contributed by atoms with Crippen molar-refractivity contribution in [1.29, 1.82) is 0 Å². The van der Waals surface area contributed by atoms with Crippen molar-refractivity contribution in [2.24, 2.45) is 0 Å². The molecule has 2 fully saturated rings. The highest BCUT2D eigenvalue weighted by molar-refractivity contribution is 9.10. The molecule has 0 spiro atoms. The second-order valence-corrected chi connectivity index (χ2v) is 10.2. The first-order valence-corrected chi connectivity index (χ1v) is 13.3. The molecule has 1 saturated heterocycles. The number of hydrogen-bond donors (Lipinski definition) is 0. The van der Waals surface area contributed by atoms with Gasteiger partial charge in [0.25, 0.3) is 0 Å². The van der Waals surface area contributed by atoms with Crippen LogP contribution in [0, 0.1) is 0 Å². The number of carbonyl (C=O) groups excluding carboxylic acids is 1. The van der Waals surface area contributed by atoms with E-state index in [2.05, 4.69) is 48.0 Å². The molecule has 1 saturated carbocycles. The molecule has 2 aliphatic rings. The number of fused-ring (bicyclic) bond motifs is 1. The zero-order valence-electron chi connectivity index (χ0n) is 20.3. The SMILES string of the molecule is CCN1CCN(C(=O)CCn2cc(Cn3c(=O)c(=O)n(C4CCCC4)c4nc(Br)cnc43)nn2)CC1. The Morgan fingerprint density at radius 3 is 2.56 bits per heavy atom. The fourth-order valence-corrected chi connectivity index (χ4v) is 5.40. The minimum absolute atomic E-state index is 0.0410. The topological polar surface area (TPSA) is 124 Å². The number of aromatic nitrogens is 7. The number of piperazine rings is 1. The number of carbonyl (C=O) groups is 1. The average Bonchev–Trinajstić information content (AvgIpc) is 3.58. The Hall–Kier alpha value is -2.93. The minimum atomic E-state index is -0.651. The molecule has 36 heavy (non-hydrogen) atoms. The number of amides is 1. The van der Waals surface area contributed by atoms with E-state index in [4.69, 9.17) is 0 Å². The molecule has 0 bridgehead atoms. The largest absolute Gasteiger partial charge is 0.340 e. The zero-order chi connectivity index (χ0) is 25.2. The maximum absolute atomic E-state index is 13.1. The van der Waals surface area contributed by atoms with Crippen LogP contribution in [0.3, 0.4) is 0 Å². The van der Waals surface area contributed by atoms with Crippen LogP contribution >= 0.6 is 15.9 Å². The monoisotopic (exact) mass is 559 g/mol. The van der Waals surface area contributed by atoms with Gasteiger partial charge in [0.05, 0.1) is 25.5 Å². The van der Waals surface area contributed by atoms with Crippen LogP contribution in [0.5, 0.6) is 0 Å². The van der Waals surface area contributed by atoms with Crippen LogP contribution in [0.2, 0.25) is 0 Å². The van der Waals surface area contributed by atoms with Crippen molar-refractivity contribution in [2.45, 2.75) is 58.2 Å². The first kappa shape index (κ1) is 24.8. The van der Waals surface area contributed by atoms with Gasteiger partial charge in [0, 0.05) is 38.6 Å². The minimum Gasteiger partial charge on any atom is -0.340 e. The van der Waals surface area contributed by atoms with Crippen molar-refractivity contribution in [3.05, 3.63) is 43.4 Å². The Morgan fingerprint density at radius 1 is 1.08 bits per heavy atom.